The fourth-order valence-electron chi connectivity index (χ4n) is 2.40. The van der Waals surface area contributed by atoms with Crippen LogP contribution in [0.1, 0.15) is 5.56 Å². The Morgan fingerprint density at radius 3 is 2.58 bits per heavy atom. The van der Waals surface area contributed by atoms with Crippen molar-refractivity contribution in [1.82, 2.24) is 5.32 Å². The summed E-state index contributed by atoms with van der Waals surface area (Å²) in [6.07, 6.45) is 1.42. The van der Waals surface area contributed by atoms with Crippen LogP contribution in [0.5, 0.6) is 17.2 Å². The summed E-state index contributed by atoms with van der Waals surface area (Å²) in [7, 11) is 1.38. The number of thioether (sulfide) groups is 1. The molecule has 0 saturated carbocycles. The summed E-state index contributed by atoms with van der Waals surface area (Å²) in [5.41, 5.74) is -0.441. The van der Waals surface area contributed by atoms with Gasteiger partial charge in [-0.25, -0.2) is 0 Å². The third-order valence-corrected chi connectivity index (χ3v) is 5.21. The van der Waals surface area contributed by atoms with Crippen molar-refractivity contribution in [2.45, 2.75) is 0 Å². The molecule has 2 aromatic rings. The maximum atomic E-state index is 11.3. The van der Waals surface area contributed by atoms with Crippen molar-refractivity contribution < 1.29 is 24.1 Å². The number of amides is 1. The Balaban J connectivity index is 1.90. The number of hydrogen-bond donors (Lipinski definition) is 1. The monoisotopic (exact) mass is 509 g/mol. The number of nitrogens with one attached hydrogen (secondary N) is 1. The predicted octanol–water partition coefficient (Wildman–Crippen LogP) is 3.62. The fraction of sp³-hybridized carbons (Fsp3) is 0.118. The van der Waals surface area contributed by atoms with Crippen LogP contribution in [0.4, 0.5) is 11.4 Å². The van der Waals surface area contributed by atoms with Crippen LogP contribution in [0.25, 0.3) is 0 Å². The zero-order valence-electron chi connectivity index (χ0n) is 15.6. The topological polar surface area (TPSA) is 159 Å². The van der Waals surface area contributed by atoms with Gasteiger partial charge in [0.05, 0.1) is 39.5 Å². The molecular formula is C17H12BrN5O7S. The zero-order chi connectivity index (χ0) is 22.5. The van der Waals surface area contributed by atoms with E-state index in [4.69, 9.17) is 9.47 Å². The number of ether oxygens (including phenoxy) is 2. The summed E-state index contributed by atoms with van der Waals surface area (Å²) < 4.78 is 11.3. The standard InChI is InChI=1S/C17H12BrN5O7S/c1-29-14-5-9(7-19-21-17-20-15(24)8-31-17)4-11(18)16(14)30-13-3-2-10(22(25)26)6-12(13)23(27)28/h2-7H,8H2,1H3,(H,20,21,24). The quantitative estimate of drug-likeness (QED) is 0.336. The molecule has 12 nitrogen and oxygen atoms in total. The first-order chi connectivity index (χ1) is 14.8. The molecule has 31 heavy (non-hydrogen) atoms. The molecule has 14 heteroatoms. The number of benzene rings is 2. The van der Waals surface area contributed by atoms with E-state index in [1.807, 2.05) is 0 Å². The second-order valence-electron chi connectivity index (χ2n) is 5.79. The molecular weight excluding hydrogens is 498 g/mol. The van der Waals surface area contributed by atoms with Crippen molar-refractivity contribution in [3.8, 4) is 17.2 Å². The molecule has 0 atom stereocenters. The molecule has 1 N–H and O–H groups in total. The molecule has 3 rings (SSSR count). The first-order valence-corrected chi connectivity index (χ1v) is 10.1. The number of methoxy groups -OCH3 is 1. The SMILES string of the molecule is COc1cc(C=NN=C2NC(=O)CS2)cc(Br)c1Oc1ccc([N+](=O)[O-])cc1[N+](=O)[O-]. The van der Waals surface area contributed by atoms with E-state index in [1.54, 1.807) is 12.1 Å². The lowest BCUT2D eigenvalue weighted by molar-refractivity contribution is -0.394. The summed E-state index contributed by atoms with van der Waals surface area (Å²) in [5.74, 6) is 0.289. The van der Waals surface area contributed by atoms with E-state index in [0.717, 1.165) is 18.2 Å². The number of carbonyl (C=O) groups is 1. The van der Waals surface area contributed by atoms with Gasteiger partial charge in [0.1, 0.15) is 0 Å². The van der Waals surface area contributed by atoms with Crippen molar-refractivity contribution in [3.05, 3.63) is 60.6 Å². The lowest BCUT2D eigenvalue weighted by atomic mass is 10.2. The van der Waals surface area contributed by atoms with Crippen LogP contribution >= 0.6 is 27.7 Å². The maximum Gasteiger partial charge on any atom is 0.318 e. The minimum atomic E-state index is -0.775. The molecule has 1 aliphatic rings. The van der Waals surface area contributed by atoms with E-state index in [1.165, 1.54) is 25.1 Å². The van der Waals surface area contributed by atoms with Gasteiger partial charge in [0.2, 0.25) is 11.7 Å². The number of carbonyl (C=O) groups excluding carboxylic acids is 1. The van der Waals surface area contributed by atoms with Crippen molar-refractivity contribution >= 4 is 56.4 Å². The molecule has 160 valence electrons. The van der Waals surface area contributed by atoms with Crippen LogP contribution in [0, 0.1) is 20.2 Å². The maximum absolute atomic E-state index is 11.3. The van der Waals surface area contributed by atoms with E-state index >= 15 is 0 Å². The van der Waals surface area contributed by atoms with Crippen LogP contribution in [0.2, 0.25) is 0 Å². The number of nitro benzene ring substituents is 2. The number of nitro groups is 2. The second-order valence-corrected chi connectivity index (χ2v) is 7.61. The average molecular weight is 510 g/mol. The van der Waals surface area contributed by atoms with Crippen LogP contribution in [0.15, 0.2) is 45.0 Å². The number of nitrogens with zero attached hydrogens (tertiary/aromatic N) is 4. The lowest BCUT2D eigenvalue weighted by Gasteiger charge is -2.13. The highest BCUT2D eigenvalue weighted by Gasteiger charge is 2.23. The van der Waals surface area contributed by atoms with Gasteiger partial charge in [0.15, 0.2) is 16.7 Å². The highest BCUT2D eigenvalue weighted by Crippen LogP contribution is 2.42. The lowest BCUT2D eigenvalue weighted by Crippen LogP contribution is -2.19. The smallest absolute Gasteiger partial charge is 0.318 e. The van der Waals surface area contributed by atoms with Gasteiger partial charge in [0, 0.05) is 6.07 Å². The molecule has 1 saturated heterocycles. The number of halogens is 1. The third kappa shape index (κ3) is 5.35. The molecule has 0 spiro atoms. The molecule has 0 aromatic heterocycles. The summed E-state index contributed by atoms with van der Waals surface area (Å²) in [6.45, 7) is 0. The van der Waals surface area contributed by atoms with Crippen LogP contribution in [-0.2, 0) is 4.79 Å². The van der Waals surface area contributed by atoms with Crippen molar-refractivity contribution in [1.29, 1.82) is 0 Å². The molecule has 2 aromatic carbocycles. The molecule has 0 unspecified atom stereocenters. The van der Waals surface area contributed by atoms with E-state index in [2.05, 4.69) is 31.4 Å². The molecule has 1 aliphatic heterocycles. The Hall–Kier alpha value is -3.52. The number of hydrogen-bond acceptors (Lipinski definition) is 10. The first-order valence-electron chi connectivity index (χ1n) is 8.30. The number of amidine groups is 1. The van der Waals surface area contributed by atoms with Gasteiger partial charge in [0.25, 0.3) is 5.69 Å². The second kappa shape index (κ2) is 9.53. The van der Waals surface area contributed by atoms with Crippen molar-refractivity contribution in [2.75, 3.05) is 12.9 Å². The Labute approximate surface area is 186 Å². The Kier molecular flexibility index (Phi) is 6.81. The summed E-state index contributed by atoms with van der Waals surface area (Å²) >= 11 is 4.55. The minimum absolute atomic E-state index is 0.126. The van der Waals surface area contributed by atoms with Gasteiger partial charge in [-0.3, -0.25) is 25.0 Å². The molecule has 0 radical (unpaired) electrons. The van der Waals surface area contributed by atoms with E-state index in [9.17, 15) is 25.0 Å². The number of non-ortho nitro benzene ring substituents is 1. The molecule has 1 heterocycles. The van der Waals surface area contributed by atoms with Crippen molar-refractivity contribution in [3.63, 3.8) is 0 Å². The Morgan fingerprint density at radius 2 is 1.97 bits per heavy atom. The average Bonchev–Trinajstić information content (AvgIpc) is 3.14. The van der Waals surface area contributed by atoms with Crippen molar-refractivity contribution in [2.24, 2.45) is 10.2 Å². The number of rotatable bonds is 7. The van der Waals surface area contributed by atoms with E-state index in [0.29, 0.717) is 15.2 Å². The Bertz CT molecular complexity index is 1140. The normalized spacial score (nSPS) is 14.6. The highest BCUT2D eigenvalue weighted by atomic mass is 79.9. The van der Waals surface area contributed by atoms with Gasteiger partial charge in [-0.2, -0.15) is 5.10 Å². The molecule has 0 aliphatic carbocycles. The fourth-order valence-corrected chi connectivity index (χ4v) is 3.57. The molecule has 1 amide bonds. The summed E-state index contributed by atoms with van der Waals surface area (Å²) in [5, 5.41) is 33.0. The van der Waals surface area contributed by atoms with Crippen LogP contribution < -0.4 is 14.8 Å². The van der Waals surface area contributed by atoms with Crippen LogP contribution in [-0.4, -0.2) is 40.0 Å². The van der Waals surface area contributed by atoms with Gasteiger partial charge in [-0.1, -0.05) is 11.8 Å². The largest absolute Gasteiger partial charge is 0.493 e. The van der Waals surface area contributed by atoms with Gasteiger partial charge in [-0.05, 0) is 39.7 Å². The van der Waals surface area contributed by atoms with Gasteiger partial charge < -0.3 is 14.8 Å². The van der Waals surface area contributed by atoms with Gasteiger partial charge >= 0.3 is 5.69 Å². The van der Waals surface area contributed by atoms with E-state index in [-0.39, 0.29) is 28.9 Å². The molecule has 0 bridgehead atoms. The first kappa shape index (κ1) is 22.2. The van der Waals surface area contributed by atoms with Gasteiger partial charge in [-0.15, -0.1) is 5.10 Å². The predicted molar refractivity (Wildman–Crippen MR) is 116 cm³/mol. The highest BCUT2D eigenvalue weighted by molar-refractivity contribution is 9.10. The summed E-state index contributed by atoms with van der Waals surface area (Å²) in [6, 6.07) is 6.22. The molecule has 1 fully saturated rings. The third-order valence-electron chi connectivity index (χ3n) is 3.76. The van der Waals surface area contributed by atoms with E-state index < -0.39 is 21.2 Å². The Morgan fingerprint density at radius 1 is 1.19 bits per heavy atom. The minimum Gasteiger partial charge on any atom is -0.493 e. The van der Waals surface area contributed by atoms with Crippen LogP contribution in [0.3, 0.4) is 0 Å². The summed E-state index contributed by atoms with van der Waals surface area (Å²) in [4.78, 5) is 31.9. The zero-order valence-corrected chi connectivity index (χ0v) is 18.0.